The van der Waals surface area contributed by atoms with Crippen LogP contribution in [-0.4, -0.2) is 49.0 Å². The van der Waals surface area contributed by atoms with Crippen molar-refractivity contribution in [2.24, 2.45) is 0 Å². The van der Waals surface area contributed by atoms with Gasteiger partial charge in [-0.2, -0.15) is 0 Å². The number of likely N-dealkylation sites (tertiary alicyclic amines) is 1. The SMILES string of the molecule is N=c1c2c(=S)n(-c3ccccc3)c(=S)n(-c3ccccc3)c2nc(SCCN2CCCC2)n1-c1ccccc1. The molecular weight excluding hydrogens is 541 g/mol. The van der Waals surface area contributed by atoms with E-state index >= 15 is 0 Å². The highest BCUT2D eigenvalue weighted by atomic mass is 32.2. The molecule has 196 valence electrons. The maximum Gasteiger partial charge on any atom is 0.191 e. The van der Waals surface area contributed by atoms with Gasteiger partial charge in [-0.3, -0.25) is 19.1 Å². The highest BCUT2D eigenvalue weighted by molar-refractivity contribution is 7.99. The number of thioether (sulfide) groups is 1. The smallest absolute Gasteiger partial charge is 0.191 e. The van der Waals surface area contributed by atoms with Gasteiger partial charge in [-0.25, -0.2) is 4.98 Å². The normalized spacial score (nSPS) is 13.7. The maximum absolute atomic E-state index is 9.52. The number of aromatic nitrogens is 4. The Bertz CT molecular complexity index is 1790. The number of nitrogens with one attached hydrogen (secondary N) is 1. The Morgan fingerprint density at radius 3 is 1.79 bits per heavy atom. The molecule has 1 aliphatic heterocycles. The Hall–Kier alpha value is -3.37. The van der Waals surface area contributed by atoms with Crippen LogP contribution in [0.1, 0.15) is 12.8 Å². The summed E-state index contributed by atoms with van der Waals surface area (Å²) in [5.41, 5.74) is 3.52. The second kappa shape index (κ2) is 11.4. The molecule has 0 atom stereocenters. The van der Waals surface area contributed by atoms with E-state index in [9.17, 15) is 5.41 Å². The van der Waals surface area contributed by atoms with Crippen molar-refractivity contribution in [3.63, 3.8) is 0 Å². The maximum atomic E-state index is 9.52. The van der Waals surface area contributed by atoms with Crippen LogP contribution >= 0.6 is 36.2 Å². The Labute approximate surface area is 241 Å². The Balaban J connectivity index is 1.65. The number of rotatable bonds is 7. The van der Waals surface area contributed by atoms with Crippen molar-refractivity contribution < 1.29 is 0 Å². The largest absolute Gasteiger partial charge is 0.303 e. The van der Waals surface area contributed by atoms with Crippen molar-refractivity contribution in [3.8, 4) is 17.1 Å². The van der Waals surface area contributed by atoms with Crippen molar-refractivity contribution in [1.29, 1.82) is 5.41 Å². The average Bonchev–Trinajstić information content (AvgIpc) is 3.48. The van der Waals surface area contributed by atoms with Crippen LogP contribution in [0.5, 0.6) is 0 Å². The molecule has 0 spiro atoms. The molecule has 5 aromatic rings. The predicted molar refractivity (Wildman–Crippen MR) is 164 cm³/mol. The zero-order valence-corrected chi connectivity index (χ0v) is 23.8. The molecule has 1 fully saturated rings. The molecule has 1 N–H and O–H groups in total. The van der Waals surface area contributed by atoms with Crippen molar-refractivity contribution in [3.05, 3.63) is 106 Å². The van der Waals surface area contributed by atoms with Crippen molar-refractivity contribution in [2.75, 3.05) is 25.4 Å². The molecule has 0 bridgehead atoms. The minimum absolute atomic E-state index is 0.296. The summed E-state index contributed by atoms with van der Waals surface area (Å²) in [5, 5.41) is 10.9. The predicted octanol–water partition coefficient (Wildman–Crippen LogP) is 6.73. The molecule has 0 saturated carbocycles. The topological polar surface area (TPSA) is 54.8 Å². The first-order valence-corrected chi connectivity index (χ1v) is 14.8. The van der Waals surface area contributed by atoms with Crippen LogP contribution in [0.4, 0.5) is 0 Å². The van der Waals surface area contributed by atoms with Gasteiger partial charge in [0.15, 0.2) is 15.6 Å². The fourth-order valence-corrected chi connectivity index (χ4v) is 6.89. The van der Waals surface area contributed by atoms with Crippen LogP contribution in [0.25, 0.3) is 28.1 Å². The van der Waals surface area contributed by atoms with E-state index in [1.54, 1.807) is 11.8 Å². The first-order chi connectivity index (χ1) is 19.1. The van der Waals surface area contributed by atoms with E-state index in [0.717, 1.165) is 47.6 Å². The van der Waals surface area contributed by atoms with Crippen molar-refractivity contribution >= 4 is 47.2 Å². The summed E-state index contributed by atoms with van der Waals surface area (Å²) in [6.07, 6.45) is 2.53. The second-order valence-corrected chi connectivity index (χ2v) is 11.3. The van der Waals surface area contributed by atoms with E-state index < -0.39 is 0 Å². The summed E-state index contributed by atoms with van der Waals surface area (Å²) in [6.45, 7) is 3.30. The minimum atomic E-state index is 0.296. The van der Waals surface area contributed by atoms with Crippen molar-refractivity contribution in [2.45, 2.75) is 18.0 Å². The van der Waals surface area contributed by atoms with Crippen LogP contribution in [0.15, 0.2) is 96.2 Å². The van der Waals surface area contributed by atoms with E-state index in [4.69, 9.17) is 29.4 Å². The van der Waals surface area contributed by atoms with Gasteiger partial charge in [0.1, 0.15) is 10.1 Å². The summed E-state index contributed by atoms with van der Waals surface area (Å²) in [5.74, 6) is 0.883. The van der Waals surface area contributed by atoms with Crippen LogP contribution in [0.2, 0.25) is 0 Å². The number of nitrogens with zero attached hydrogens (tertiary/aromatic N) is 5. The molecule has 1 aliphatic rings. The van der Waals surface area contributed by atoms with Gasteiger partial charge >= 0.3 is 0 Å². The highest BCUT2D eigenvalue weighted by Gasteiger charge is 2.20. The number of hydrogen-bond donors (Lipinski definition) is 1. The molecule has 0 aliphatic carbocycles. The third-order valence-electron chi connectivity index (χ3n) is 6.97. The molecule has 3 heterocycles. The lowest BCUT2D eigenvalue weighted by molar-refractivity contribution is 0.362. The highest BCUT2D eigenvalue weighted by Crippen LogP contribution is 2.26. The lowest BCUT2D eigenvalue weighted by Crippen LogP contribution is -2.26. The second-order valence-electron chi connectivity index (χ2n) is 9.44. The Kier molecular flexibility index (Phi) is 7.56. The summed E-state index contributed by atoms with van der Waals surface area (Å²) in [7, 11) is 0. The molecular formula is C30H28N6S3. The van der Waals surface area contributed by atoms with E-state index in [1.807, 2.05) is 105 Å². The summed E-state index contributed by atoms with van der Waals surface area (Å²) < 4.78 is 6.73. The van der Waals surface area contributed by atoms with Crippen LogP contribution in [0.3, 0.4) is 0 Å². The molecule has 9 heteroatoms. The van der Waals surface area contributed by atoms with E-state index in [-0.39, 0.29) is 0 Å². The van der Waals surface area contributed by atoms with Crippen LogP contribution < -0.4 is 5.49 Å². The van der Waals surface area contributed by atoms with Gasteiger partial charge in [0, 0.05) is 29.4 Å². The zero-order valence-electron chi connectivity index (χ0n) is 21.4. The standard InChI is InChI=1S/C30H28N6S3/c31-26-25-27(32-29(34(26)22-12-4-1-5-13-22)39-21-20-33-18-10-11-19-33)35(23-14-6-2-7-15-23)30(38)36(28(25)37)24-16-8-3-9-17-24/h1-9,12-17,31H,10-11,18-21H2. The van der Waals surface area contributed by atoms with Gasteiger partial charge in [-0.15, -0.1) is 0 Å². The molecule has 6 nitrogen and oxygen atoms in total. The monoisotopic (exact) mass is 568 g/mol. The first kappa shape index (κ1) is 25.9. The number of hydrogen-bond acceptors (Lipinski definition) is 6. The Morgan fingerprint density at radius 2 is 1.23 bits per heavy atom. The fourth-order valence-electron chi connectivity index (χ4n) is 5.06. The molecule has 0 unspecified atom stereocenters. The summed E-state index contributed by atoms with van der Waals surface area (Å²) >= 11 is 13.8. The van der Waals surface area contributed by atoms with Gasteiger partial charge in [-0.1, -0.05) is 78.6 Å². The summed E-state index contributed by atoms with van der Waals surface area (Å²) in [4.78, 5) is 7.71. The van der Waals surface area contributed by atoms with Crippen molar-refractivity contribution in [1.82, 2.24) is 23.6 Å². The van der Waals surface area contributed by atoms with Gasteiger partial charge in [-0.05, 0) is 74.5 Å². The molecule has 0 amide bonds. The number of benzene rings is 3. The molecule has 2 aromatic heterocycles. The third kappa shape index (κ3) is 5.03. The fraction of sp³-hybridized carbons (Fsp3) is 0.200. The zero-order chi connectivity index (χ0) is 26.8. The minimum Gasteiger partial charge on any atom is -0.303 e. The van der Waals surface area contributed by atoms with E-state index in [0.29, 0.717) is 25.9 Å². The lowest BCUT2D eigenvalue weighted by atomic mass is 10.2. The van der Waals surface area contributed by atoms with Crippen LogP contribution in [-0.2, 0) is 0 Å². The molecule has 39 heavy (non-hydrogen) atoms. The molecule has 6 rings (SSSR count). The lowest BCUT2D eigenvalue weighted by Gasteiger charge is -2.21. The van der Waals surface area contributed by atoms with Gasteiger partial charge < -0.3 is 4.90 Å². The van der Waals surface area contributed by atoms with E-state index in [2.05, 4.69) is 4.90 Å². The van der Waals surface area contributed by atoms with Gasteiger partial charge in [0.2, 0.25) is 0 Å². The third-order valence-corrected chi connectivity index (χ3v) is 8.64. The number of para-hydroxylation sites is 3. The molecule has 1 saturated heterocycles. The number of fused-ring (bicyclic) bond motifs is 1. The first-order valence-electron chi connectivity index (χ1n) is 13.0. The molecule has 3 aromatic carbocycles. The van der Waals surface area contributed by atoms with E-state index in [1.165, 1.54) is 12.8 Å². The van der Waals surface area contributed by atoms with Crippen LogP contribution in [0, 0.1) is 14.8 Å². The average molecular weight is 569 g/mol. The summed E-state index contributed by atoms with van der Waals surface area (Å²) in [6, 6.07) is 29.8. The quantitative estimate of drug-likeness (QED) is 0.134. The van der Waals surface area contributed by atoms with Gasteiger partial charge in [0.25, 0.3) is 0 Å². The molecule has 0 radical (unpaired) electrons. The Morgan fingerprint density at radius 1 is 0.718 bits per heavy atom. The van der Waals surface area contributed by atoms with Gasteiger partial charge in [0.05, 0.1) is 5.39 Å².